The third-order valence-electron chi connectivity index (χ3n) is 3.73. The van der Waals surface area contributed by atoms with E-state index in [1.807, 2.05) is 19.9 Å². The highest BCUT2D eigenvalue weighted by molar-refractivity contribution is 5.56. The van der Waals surface area contributed by atoms with E-state index < -0.39 is 0 Å². The van der Waals surface area contributed by atoms with Gasteiger partial charge in [-0.25, -0.2) is 4.39 Å². The minimum absolute atomic E-state index is 0.00431. The first-order valence-corrected chi connectivity index (χ1v) is 7.45. The van der Waals surface area contributed by atoms with Crippen LogP contribution in [0.4, 0.5) is 10.1 Å². The van der Waals surface area contributed by atoms with Gasteiger partial charge in [0.1, 0.15) is 5.82 Å². The van der Waals surface area contributed by atoms with Crippen molar-refractivity contribution in [3.8, 4) is 0 Å². The predicted molar refractivity (Wildman–Crippen MR) is 80.7 cm³/mol. The first kappa shape index (κ1) is 15.3. The van der Waals surface area contributed by atoms with E-state index in [0.717, 1.165) is 30.9 Å². The van der Waals surface area contributed by atoms with Crippen molar-refractivity contribution in [2.24, 2.45) is 0 Å². The van der Waals surface area contributed by atoms with Crippen LogP contribution in [0.3, 0.4) is 0 Å². The molecule has 1 saturated heterocycles. The van der Waals surface area contributed by atoms with Crippen molar-refractivity contribution in [3.63, 3.8) is 0 Å². The van der Waals surface area contributed by atoms with Gasteiger partial charge in [0, 0.05) is 30.4 Å². The number of anilines is 1. The Morgan fingerprint density at radius 3 is 2.60 bits per heavy atom. The highest BCUT2D eigenvalue weighted by Crippen LogP contribution is 2.31. The van der Waals surface area contributed by atoms with E-state index >= 15 is 0 Å². The maximum absolute atomic E-state index is 14.3. The number of nitrogens with zero attached hydrogens (tertiary/aromatic N) is 1. The molecule has 4 heteroatoms. The zero-order valence-corrected chi connectivity index (χ0v) is 12.8. The lowest BCUT2D eigenvalue weighted by Crippen LogP contribution is -2.46. The smallest absolute Gasteiger partial charge is 0.130 e. The van der Waals surface area contributed by atoms with Gasteiger partial charge in [-0.3, -0.25) is 0 Å². The third-order valence-corrected chi connectivity index (χ3v) is 3.73. The van der Waals surface area contributed by atoms with E-state index in [4.69, 9.17) is 4.74 Å². The molecule has 20 heavy (non-hydrogen) atoms. The zero-order chi connectivity index (χ0) is 14.7. The lowest BCUT2D eigenvalue weighted by atomic mass is 10.0. The van der Waals surface area contributed by atoms with E-state index in [9.17, 15) is 4.39 Å². The molecule has 1 heterocycles. The highest BCUT2D eigenvalue weighted by Gasteiger charge is 2.26. The van der Waals surface area contributed by atoms with Gasteiger partial charge in [-0.15, -0.1) is 0 Å². The second-order valence-corrected chi connectivity index (χ2v) is 5.61. The normalized spacial score (nSPS) is 24.8. The summed E-state index contributed by atoms with van der Waals surface area (Å²) in [4.78, 5) is 2.24. The van der Waals surface area contributed by atoms with Crippen LogP contribution in [0.25, 0.3) is 0 Å². The van der Waals surface area contributed by atoms with Crippen LogP contribution < -0.4 is 10.2 Å². The molecule has 0 radical (unpaired) electrons. The Morgan fingerprint density at radius 2 is 2.00 bits per heavy atom. The second-order valence-electron chi connectivity index (χ2n) is 5.61. The molecule has 112 valence electrons. The number of morpholine rings is 1. The molecular weight excluding hydrogens is 255 g/mol. The van der Waals surface area contributed by atoms with Crippen molar-refractivity contribution in [1.29, 1.82) is 0 Å². The zero-order valence-electron chi connectivity index (χ0n) is 12.8. The van der Waals surface area contributed by atoms with Crippen LogP contribution in [0, 0.1) is 5.82 Å². The summed E-state index contributed by atoms with van der Waals surface area (Å²) in [6.45, 7) is 10.6. The van der Waals surface area contributed by atoms with Gasteiger partial charge < -0.3 is 15.0 Å². The molecular formula is C16H25FN2O. The topological polar surface area (TPSA) is 24.5 Å². The molecule has 2 rings (SSSR count). The molecule has 3 atom stereocenters. The Bertz CT molecular complexity index is 442. The van der Waals surface area contributed by atoms with Crippen molar-refractivity contribution in [3.05, 3.63) is 29.6 Å². The van der Waals surface area contributed by atoms with E-state index in [1.165, 1.54) is 0 Å². The van der Waals surface area contributed by atoms with Gasteiger partial charge in [-0.1, -0.05) is 13.0 Å². The van der Waals surface area contributed by atoms with Crippen molar-refractivity contribution in [1.82, 2.24) is 5.32 Å². The van der Waals surface area contributed by atoms with Gasteiger partial charge in [-0.2, -0.15) is 0 Å². The summed E-state index contributed by atoms with van der Waals surface area (Å²) in [5.74, 6) is -0.136. The van der Waals surface area contributed by atoms with E-state index in [2.05, 4.69) is 24.1 Å². The summed E-state index contributed by atoms with van der Waals surface area (Å²) in [5.41, 5.74) is 1.75. The maximum atomic E-state index is 14.3. The Balaban J connectivity index is 2.33. The predicted octanol–water partition coefficient (Wildman–Crippen LogP) is 3.11. The Labute approximate surface area is 121 Å². The fourth-order valence-corrected chi connectivity index (χ4v) is 3.01. The summed E-state index contributed by atoms with van der Waals surface area (Å²) in [5, 5.41) is 3.31. The van der Waals surface area contributed by atoms with Crippen molar-refractivity contribution < 1.29 is 9.13 Å². The molecule has 0 aromatic heterocycles. The number of ether oxygens (including phenoxy) is 1. The van der Waals surface area contributed by atoms with E-state index in [1.54, 1.807) is 12.1 Å². The number of nitrogens with one attached hydrogen (secondary N) is 1. The highest BCUT2D eigenvalue weighted by atomic mass is 19.1. The molecule has 3 nitrogen and oxygen atoms in total. The number of halogens is 1. The largest absolute Gasteiger partial charge is 0.372 e. The van der Waals surface area contributed by atoms with Gasteiger partial charge in [0.05, 0.1) is 12.2 Å². The number of hydrogen-bond acceptors (Lipinski definition) is 3. The van der Waals surface area contributed by atoms with Gasteiger partial charge in [0.25, 0.3) is 0 Å². The lowest BCUT2D eigenvalue weighted by molar-refractivity contribution is -0.00530. The van der Waals surface area contributed by atoms with E-state index in [-0.39, 0.29) is 24.1 Å². The average Bonchev–Trinajstić information content (AvgIpc) is 2.37. The molecule has 0 aliphatic carbocycles. The molecule has 1 N–H and O–H groups in total. The van der Waals surface area contributed by atoms with Crippen LogP contribution >= 0.6 is 0 Å². The lowest BCUT2D eigenvalue weighted by Gasteiger charge is -2.38. The van der Waals surface area contributed by atoms with Crippen LogP contribution in [0.15, 0.2) is 18.2 Å². The molecule has 1 aliphatic rings. The standard InChI is InChI=1S/C16H25FN2O/c1-5-18-13(4)16-14(17)7-6-8-15(16)19-9-11(2)20-12(3)10-19/h6-8,11-13,18H,5,9-10H2,1-4H3/t11-,12+,13?. The molecule has 0 saturated carbocycles. The molecule has 1 aromatic carbocycles. The van der Waals surface area contributed by atoms with Gasteiger partial charge >= 0.3 is 0 Å². The fourth-order valence-electron chi connectivity index (χ4n) is 3.01. The number of benzene rings is 1. The monoisotopic (exact) mass is 280 g/mol. The minimum Gasteiger partial charge on any atom is -0.372 e. The Morgan fingerprint density at radius 1 is 1.35 bits per heavy atom. The number of hydrogen-bond donors (Lipinski definition) is 1. The molecule has 0 amide bonds. The average molecular weight is 280 g/mol. The summed E-state index contributed by atoms with van der Waals surface area (Å²) in [6, 6.07) is 5.35. The summed E-state index contributed by atoms with van der Waals surface area (Å²) in [6.07, 6.45) is 0.341. The summed E-state index contributed by atoms with van der Waals surface area (Å²) in [7, 11) is 0. The fraction of sp³-hybridized carbons (Fsp3) is 0.625. The second kappa shape index (κ2) is 6.55. The van der Waals surface area contributed by atoms with Gasteiger partial charge in [0.15, 0.2) is 0 Å². The summed E-state index contributed by atoms with van der Waals surface area (Å²) < 4.78 is 20.0. The van der Waals surface area contributed by atoms with Crippen LogP contribution in [0.2, 0.25) is 0 Å². The van der Waals surface area contributed by atoms with Crippen LogP contribution in [-0.2, 0) is 4.74 Å². The quantitative estimate of drug-likeness (QED) is 0.917. The van der Waals surface area contributed by atoms with Crippen LogP contribution in [0.1, 0.15) is 39.3 Å². The van der Waals surface area contributed by atoms with Crippen molar-refractivity contribution >= 4 is 5.69 Å². The maximum Gasteiger partial charge on any atom is 0.130 e. The molecule has 1 aromatic rings. The molecule has 1 fully saturated rings. The van der Waals surface area contributed by atoms with Crippen LogP contribution in [-0.4, -0.2) is 31.8 Å². The van der Waals surface area contributed by atoms with Crippen LogP contribution in [0.5, 0.6) is 0 Å². The van der Waals surface area contributed by atoms with E-state index in [0.29, 0.717) is 0 Å². The Hall–Kier alpha value is -1.13. The Kier molecular flexibility index (Phi) is 5.00. The third kappa shape index (κ3) is 3.30. The van der Waals surface area contributed by atoms with Crippen molar-refractivity contribution in [2.75, 3.05) is 24.5 Å². The number of rotatable bonds is 4. The SMILES string of the molecule is CCNC(C)c1c(F)cccc1N1C[C@@H](C)O[C@@H](C)C1. The summed E-state index contributed by atoms with van der Waals surface area (Å²) >= 11 is 0. The minimum atomic E-state index is -0.136. The van der Waals surface area contributed by atoms with Gasteiger partial charge in [-0.05, 0) is 39.4 Å². The van der Waals surface area contributed by atoms with Gasteiger partial charge in [0.2, 0.25) is 0 Å². The molecule has 0 bridgehead atoms. The first-order chi connectivity index (χ1) is 9.52. The molecule has 1 aliphatic heterocycles. The van der Waals surface area contributed by atoms with Crippen molar-refractivity contribution in [2.45, 2.75) is 45.9 Å². The molecule has 0 spiro atoms. The first-order valence-electron chi connectivity index (χ1n) is 7.45. The molecule has 1 unspecified atom stereocenters.